The third-order valence-corrected chi connectivity index (χ3v) is 4.32. The van der Waals surface area contributed by atoms with E-state index in [4.69, 9.17) is 5.73 Å². The van der Waals surface area contributed by atoms with Crippen molar-refractivity contribution in [3.63, 3.8) is 0 Å². The maximum atomic E-state index is 12.3. The Balaban J connectivity index is 2.59. The van der Waals surface area contributed by atoms with Crippen LogP contribution in [-0.2, 0) is 26.0 Å². The topological polar surface area (TPSA) is 124 Å². The molecule has 0 radical (unpaired) electrons. The Kier molecular flexibility index (Phi) is 7.21. The molecule has 1 heterocycles. The molecule has 1 atom stereocenters. The van der Waals surface area contributed by atoms with Crippen LogP contribution in [0, 0.1) is 5.92 Å². The molecule has 8 nitrogen and oxygen atoms in total. The molecule has 3 N–H and O–H groups in total. The van der Waals surface area contributed by atoms with Crippen molar-refractivity contribution < 1.29 is 18.0 Å². The largest absolute Gasteiger partial charge is 0.368 e. The molecule has 0 saturated heterocycles. The fourth-order valence-electron chi connectivity index (χ4n) is 2.27. The molecule has 0 bridgehead atoms. The van der Waals surface area contributed by atoms with Crippen molar-refractivity contribution in [2.24, 2.45) is 11.7 Å². The normalized spacial score (nSPS) is 12.8. The lowest BCUT2D eigenvalue weighted by Crippen LogP contribution is -2.23. The number of nitrogens with two attached hydrogens (primary N) is 1. The average molecular weight is 344 g/mol. The van der Waals surface area contributed by atoms with Gasteiger partial charge in [0.05, 0.1) is 11.9 Å². The Morgan fingerprint density at radius 1 is 1.39 bits per heavy atom. The summed E-state index contributed by atoms with van der Waals surface area (Å²) in [5.41, 5.74) is 5.56. The minimum Gasteiger partial charge on any atom is -0.368 e. The molecule has 23 heavy (non-hydrogen) atoms. The van der Waals surface area contributed by atoms with Crippen molar-refractivity contribution in [3.8, 4) is 0 Å². The molecular formula is C14H24N4O4S. The first-order chi connectivity index (χ1) is 10.7. The van der Waals surface area contributed by atoms with Crippen LogP contribution in [0.2, 0.25) is 0 Å². The Morgan fingerprint density at radius 3 is 2.65 bits per heavy atom. The second-order valence-corrected chi connectivity index (χ2v) is 7.90. The van der Waals surface area contributed by atoms with E-state index in [2.05, 4.69) is 10.4 Å². The second kappa shape index (κ2) is 8.66. The maximum absolute atomic E-state index is 12.3. The molecule has 1 unspecified atom stereocenters. The number of nitrogens with one attached hydrogen (secondary N) is 1. The number of aromatic nitrogens is 2. The number of carbonyl (C=O) groups is 2. The summed E-state index contributed by atoms with van der Waals surface area (Å²) in [6.07, 6.45) is 6.65. The van der Waals surface area contributed by atoms with Gasteiger partial charge in [-0.1, -0.05) is 13.3 Å². The van der Waals surface area contributed by atoms with Crippen LogP contribution >= 0.6 is 0 Å². The van der Waals surface area contributed by atoms with Crippen molar-refractivity contribution in [3.05, 3.63) is 12.4 Å². The number of nitrogens with zero attached hydrogens (tertiary/aromatic N) is 2. The van der Waals surface area contributed by atoms with Crippen LogP contribution in [-0.4, -0.2) is 42.0 Å². The molecule has 2 amide bonds. The minimum atomic E-state index is -3.02. The summed E-state index contributed by atoms with van der Waals surface area (Å²) in [7, 11) is -3.02. The molecule has 0 fully saturated rings. The molecule has 0 aliphatic heterocycles. The lowest BCUT2D eigenvalue weighted by molar-refractivity contribution is -0.120. The summed E-state index contributed by atoms with van der Waals surface area (Å²) >= 11 is 0. The molecular weight excluding hydrogens is 320 g/mol. The first kappa shape index (κ1) is 19.1. The molecule has 0 saturated carbocycles. The summed E-state index contributed by atoms with van der Waals surface area (Å²) in [6.45, 7) is 1.92. The summed E-state index contributed by atoms with van der Waals surface area (Å²) in [5, 5.41) is 6.68. The Bertz CT molecular complexity index is 639. The van der Waals surface area contributed by atoms with Gasteiger partial charge in [-0.2, -0.15) is 5.10 Å². The highest BCUT2D eigenvalue weighted by atomic mass is 32.2. The molecule has 0 aliphatic carbocycles. The summed E-state index contributed by atoms with van der Waals surface area (Å²) < 4.78 is 23.7. The molecule has 1 rings (SSSR count). The monoisotopic (exact) mass is 344 g/mol. The zero-order valence-electron chi connectivity index (χ0n) is 13.5. The van der Waals surface area contributed by atoms with E-state index in [1.807, 2.05) is 6.92 Å². The van der Waals surface area contributed by atoms with Crippen LogP contribution in [0.1, 0.15) is 32.6 Å². The summed E-state index contributed by atoms with van der Waals surface area (Å²) in [5.74, 6) is -0.854. The highest BCUT2D eigenvalue weighted by Gasteiger charge is 2.19. The Labute approximate surface area is 136 Å². The highest BCUT2D eigenvalue weighted by Crippen LogP contribution is 2.17. The van der Waals surface area contributed by atoms with Crippen molar-refractivity contribution >= 4 is 27.3 Å². The van der Waals surface area contributed by atoms with Crippen LogP contribution in [0.3, 0.4) is 0 Å². The van der Waals surface area contributed by atoms with Gasteiger partial charge in [0.2, 0.25) is 11.8 Å². The maximum Gasteiger partial charge on any atom is 0.239 e. The first-order valence-corrected chi connectivity index (χ1v) is 9.56. The fourth-order valence-corrected chi connectivity index (χ4v) is 2.96. The van der Waals surface area contributed by atoms with Crippen molar-refractivity contribution in [1.82, 2.24) is 9.78 Å². The van der Waals surface area contributed by atoms with Crippen molar-refractivity contribution in [2.45, 2.75) is 39.2 Å². The van der Waals surface area contributed by atoms with Crippen molar-refractivity contribution in [1.29, 1.82) is 0 Å². The number of rotatable bonds is 10. The smallest absolute Gasteiger partial charge is 0.239 e. The van der Waals surface area contributed by atoms with Gasteiger partial charge in [0.25, 0.3) is 0 Å². The standard InChI is InChI=1S/C14H24N4O4S/c1-3-5-11(6-4-7-23(2,21)22)14(20)17-12-8-16-18(9-12)10-13(15)19/h8-9,11H,3-7,10H2,1-2H3,(H2,15,19)(H,17,20). The van der Waals surface area contributed by atoms with E-state index >= 15 is 0 Å². The van der Waals surface area contributed by atoms with Crippen LogP contribution in [0.15, 0.2) is 12.4 Å². The predicted octanol–water partition coefficient (Wildman–Crippen LogP) is 0.548. The lowest BCUT2D eigenvalue weighted by atomic mass is 9.97. The van der Waals surface area contributed by atoms with Crippen LogP contribution in [0.4, 0.5) is 5.69 Å². The van der Waals surface area contributed by atoms with Gasteiger partial charge in [-0.15, -0.1) is 0 Å². The molecule has 0 aliphatic rings. The van der Waals surface area contributed by atoms with Crippen LogP contribution < -0.4 is 11.1 Å². The predicted molar refractivity (Wildman–Crippen MR) is 87.4 cm³/mol. The van der Waals surface area contributed by atoms with E-state index in [0.29, 0.717) is 24.9 Å². The number of sulfone groups is 1. The summed E-state index contributed by atoms with van der Waals surface area (Å²) in [6, 6.07) is 0. The van der Waals surface area contributed by atoms with Gasteiger partial charge < -0.3 is 11.1 Å². The molecule has 130 valence electrons. The van der Waals surface area contributed by atoms with Crippen LogP contribution in [0.5, 0.6) is 0 Å². The van der Waals surface area contributed by atoms with Gasteiger partial charge in [0.1, 0.15) is 16.4 Å². The molecule has 0 spiro atoms. The number of anilines is 1. The fraction of sp³-hybridized carbons (Fsp3) is 0.643. The van der Waals surface area contributed by atoms with E-state index in [-0.39, 0.29) is 24.1 Å². The SMILES string of the molecule is CCCC(CCCS(C)(=O)=O)C(=O)Nc1cnn(CC(N)=O)c1. The molecule has 1 aromatic rings. The van der Waals surface area contributed by atoms with Gasteiger partial charge in [0.15, 0.2) is 0 Å². The lowest BCUT2D eigenvalue weighted by Gasteiger charge is -2.15. The third-order valence-electron chi connectivity index (χ3n) is 3.29. The number of amides is 2. The van der Waals surface area contributed by atoms with Crippen molar-refractivity contribution in [2.75, 3.05) is 17.3 Å². The quantitative estimate of drug-likeness (QED) is 0.641. The third kappa shape index (κ3) is 7.78. The first-order valence-electron chi connectivity index (χ1n) is 7.50. The van der Waals surface area contributed by atoms with E-state index in [1.54, 1.807) is 0 Å². The van der Waals surface area contributed by atoms with Gasteiger partial charge in [-0.3, -0.25) is 14.3 Å². The summed E-state index contributed by atoms with van der Waals surface area (Å²) in [4.78, 5) is 23.1. The number of primary amides is 1. The zero-order chi connectivity index (χ0) is 17.5. The van der Waals surface area contributed by atoms with E-state index < -0.39 is 15.7 Å². The highest BCUT2D eigenvalue weighted by molar-refractivity contribution is 7.90. The van der Waals surface area contributed by atoms with Gasteiger partial charge in [0, 0.05) is 24.1 Å². The van der Waals surface area contributed by atoms with E-state index in [9.17, 15) is 18.0 Å². The Morgan fingerprint density at radius 2 is 2.09 bits per heavy atom. The van der Waals surface area contributed by atoms with E-state index in [0.717, 1.165) is 6.42 Å². The van der Waals surface area contributed by atoms with Gasteiger partial charge in [-0.25, -0.2) is 8.42 Å². The molecule has 1 aromatic heterocycles. The number of hydrogen-bond donors (Lipinski definition) is 2. The average Bonchev–Trinajstić information content (AvgIpc) is 2.82. The van der Waals surface area contributed by atoms with Gasteiger partial charge in [-0.05, 0) is 19.3 Å². The molecule has 0 aromatic carbocycles. The van der Waals surface area contributed by atoms with E-state index in [1.165, 1.54) is 23.3 Å². The number of hydrogen-bond acceptors (Lipinski definition) is 5. The zero-order valence-corrected chi connectivity index (χ0v) is 14.3. The molecule has 9 heteroatoms. The van der Waals surface area contributed by atoms with Gasteiger partial charge >= 0.3 is 0 Å². The van der Waals surface area contributed by atoms with Crippen LogP contribution in [0.25, 0.3) is 0 Å². The minimum absolute atomic E-state index is 0.0530. The Hall–Kier alpha value is -1.90. The number of carbonyl (C=O) groups excluding carboxylic acids is 2. The second-order valence-electron chi connectivity index (χ2n) is 5.64.